The van der Waals surface area contributed by atoms with Crippen molar-refractivity contribution < 1.29 is 14.8 Å². The number of aromatic nitrogens is 2. The van der Waals surface area contributed by atoms with Crippen LogP contribution in [0.2, 0.25) is 6.32 Å². The number of ether oxygens (including phenoxy) is 1. The lowest BCUT2D eigenvalue weighted by Gasteiger charge is -2.28. The Hall–Kier alpha value is -2.36. The SMILES string of the molecule is Cc1cccc(CN=Nc2nc(CCCB(O)O)cc(N3CCOCC3)n2)c1. The lowest BCUT2D eigenvalue weighted by atomic mass is 9.83. The first-order chi connectivity index (χ1) is 13.6. The summed E-state index contributed by atoms with van der Waals surface area (Å²) in [7, 11) is -1.30. The molecule has 1 saturated heterocycles. The Labute approximate surface area is 165 Å². The second-order valence-corrected chi connectivity index (χ2v) is 6.88. The van der Waals surface area contributed by atoms with E-state index in [4.69, 9.17) is 14.8 Å². The highest BCUT2D eigenvalue weighted by molar-refractivity contribution is 6.40. The second-order valence-electron chi connectivity index (χ2n) is 6.88. The molecule has 0 spiro atoms. The zero-order chi connectivity index (χ0) is 19.8. The Bertz CT molecular complexity index is 797. The van der Waals surface area contributed by atoms with Gasteiger partial charge < -0.3 is 19.7 Å². The van der Waals surface area contributed by atoms with Gasteiger partial charge in [-0.3, -0.25) is 0 Å². The van der Waals surface area contributed by atoms with Gasteiger partial charge in [0.1, 0.15) is 5.82 Å². The molecule has 148 valence electrons. The minimum Gasteiger partial charge on any atom is -0.427 e. The molecular weight excluding hydrogens is 357 g/mol. The minimum absolute atomic E-state index is 0.307. The molecule has 28 heavy (non-hydrogen) atoms. The highest BCUT2D eigenvalue weighted by Crippen LogP contribution is 2.20. The van der Waals surface area contributed by atoms with E-state index in [1.54, 1.807) is 0 Å². The Kier molecular flexibility index (Phi) is 7.47. The summed E-state index contributed by atoms with van der Waals surface area (Å²) >= 11 is 0. The van der Waals surface area contributed by atoms with Crippen LogP contribution in [0.3, 0.4) is 0 Å². The molecule has 9 heteroatoms. The third-order valence-corrected chi connectivity index (χ3v) is 4.48. The Morgan fingerprint density at radius 1 is 1.18 bits per heavy atom. The molecule has 0 amide bonds. The van der Waals surface area contributed by atoms with Crippen LogP contribution in [0.4, 0.5) is 11.8 Å². The monoisotopic (exact) mass is 383 g/mol. The average molecular weight is 383 g/mol. The molecule has 0 unspecified atom stereocenters. The summed E-state index contributed by atoms with van der Waals surface area (Å²) < 4.78 is 5.41. The number of azo groups is 1. The molecule has 2 N–H and O–H groups in total. The van der Waals surface area contributed by atoms with Gasteiger partial charge in [0.2, 0.25) is 0 Å². The Morgan fingerprint density at radius 2 is 2.00 bits per heavy atom. The molecule has 0 aliphatic carbocycles. The molecule has 1 aromatic carbocycles. The van der Waals surface area contributed by atoms with Gasteiger partial charge in [-0.05, 0) is 31.6 Å². The van der Waals surface area contributed by atoms with Gasteiger partial charge >= 0.3 is 7.12 Å². The molecule has 0 atom stereocenters. The fourth-order valence-electron chi connectivity index (χ4n) is 3.05. The van der Waals surface area contributed by atoms with Gasteiger partial charge in [0, 0.05) is 24.8 Å². The molecule has 2 heterocycles. The third-order valence-electron chi connectivity index (χ3n) is 4.48. The van der Waals surface area contributed by atoms with Gasteiger partial charge in [-0.2, -0.15) is 10.1 Å². The highest BCUT2D eigenvalue weighted by Gasteiger charge is 2.15. The van der Waals surface area contributed by atoms with E-state index >= 15 is 0 Å². The molecule has 1 aromatic heterocycles. The Balaban J connectivity index is 1.74. The number of morpholine rings is 1. The predicted molar refractivity (Wildman–Crippen MR) is 108 cm³/mol. The number of anilines is 1. The molecule has 3 rings (SSSR count). The molecule has 1 fully saturated rings. The summed E-state index contributed by atoms with van der Waals surface area (Å²) in [6.07, 6.45) is 1.55. The van der Waals surface area contributed by atoms with E-state index in [1.807, 2.05) is 31.2 Å². The van der Waals surface area contributed by atoms with Gasteiger partial charge in [-0.25, -0.2) is 4.98 Å². The zero-order valence-corrected chi connectivity index (χ0v) is 16.2. The maximum Gasteiger partial charge on any atom is 0.451 e. The molecule has 0 radical (unpaired) electrons. The topological polar surface area (TPSA) is 103 Å². The van der Waals surface area contributed by atoms with Crippen LogP contribution in [0.1, 0.15) is 23.2 Å². The number of hydrogen-bond donors (Lipinski definition) is 2. The van der Waals surface area contributed by atoms with E-state index in [-0.39, 0.29) is 0 Å². The van der Waals surface area contributed by atoms with Crippen LogP contribution in [-0.2, 0) is 17.7 Å². The van der Waals surface area contributed by atoms with E-state index in [1.165, 1.54) is 5.56 Å². The smallest absolute Gasteiger partial charge is 0.427 e. The van der Waals surface area contributed by atoms with Crippen molar-refractivity contribution in [2.24, 2.45) is 10.2 Å². The maximum absolute atomic E-state index is 9.05. The van der Waals surface area contributed by atoms with Gasteiger partial charge in [0.15, 0.2) is 0 Å². The summed E-state index contributed by atoms with van der Waals surface area (Å²) in [5, 5.41) is 26.6. The van der Waals surface area contributed by atoms with Gasteiger partial charge in [-0.15, -0.1) is 5.11 Å². The van der Waals surface area contributed by atoms with Crippen molar-refractivity contribution >= 4 is 18.9 Å². The second kappa shape index (κ2) is 10.3. The first kappa shape index (κ1) is 20.4. The highest BCUT2D eigenvalue weighted by atomic mass is 16.5. The lowest BCUT2D eigenvalue weighted by Crippen LogP contribution is -2.36. The first-order valence-electron chi connectivity index (χ1n) is 9.60. The van der Waals surface area contributed by atoms with Crippen molar-refractivity contribution in [3.63, 3.8) is 0 Å². The summed E-state index contributed by atoms with van der Waals surface area (Å²) in [6.45, 7) is 5.39. The fraction of sp³-hybridized carbons (Fsp3) is 0.474. The number of hydrogen-bond acceptors (Lipinski definition) is 8. The van der Waals surface area contributed by atoms with Crippen molar-refractivity contribution in [2.45, 2.75) is 32.6 Å². The fourth-order valence-corrected chi connectivity index (χ4v) is 3.05. The normalized spacial score (nSPS) is 14.6. The van der Waals surface area contributed by atoms with Crippen LogP contribution >= 0.6 is 0 Å². The van der Waals surface area contributed by atoms with Crippen molar-refractivity contribution in [3.8, 4) is 0 Å². The van der Waals surface area contributed by atoms with Crippen LogP contribution in [0.25, 0.3) is 0 Å². The Morgan fingerprint density at radius 3 is 2.75 bits per heavy atom. The average Bonchev–Trinajstić information content (AvgIpc) is 2.68. The largest absolute Gasteiger partial charge is 0.451 e. The molecular formula is C19H26BN5O3. The van der Waals surface area contributed by atoms with Gasteiger partial charge in [-0.1, -0.05) is 29.8 Å². The molecule has 2 aromatic rings. The standard InChI is InChI=1S/C19H26BN5O3/c1-15-4-2-5-16(12-15)14-21-24-19-22-17(6-3-7-20(26)27)13-18(23-19)25-8-10-28-11-9-25/h2,4-5,12-13,26-27H,3,6-11,14H2,1H3. The van der Waals surface area contributed by atoms with Crippen LogP contribution in [0.5, 0.6) is 0 Å². The number of benzene rings is 1. The van der Waals surface area contributed by atoms with Crippen molar-refractivity contribution in [1.29, 1.82) is 0 Å². The predicted octanol–water partition coefficient (Wildman–Crippen LogP) is 2.31. The summed E-state index contributed by atoms with van der Waals surface area (Å²) in [5.74, 6) is 1.14. The molecule has 0 saturated carbocycles. The number of aryl methyl sites for hydroxylation is 2. The van der Waals surface area contributed by atoms with E-state index in [0.717, 1.165) is 30.2 Å². The molecule has 8 nitrogen and oxygen atoms in total. The molecule has 0 bridgehead atoms. The summed E-state index contributed by atoms with van der Waals surface area (Å²) in [4.78, 5) is 11.2. The first-order valence-corrected chi connectivity index (χ1v) is 9.60. The zero-order valence-electron chi connectivity index (χ0n) is 16.2. The van der Waals surface area contributed by atoms with Gasteiger partial charge in [0.25, 0.3) is 5.95 Å². The van der Waals surface area contributed by atoms with E-state index in [0.29, 0.717) is 44.9 Å². The number of nitrogens with zero attached hydrogens (tertiary/aromatic N) is 5. The van der Waals surface area contributed by atoms with Crippen LogP contribution in [0, 0.1) is 6.92 Å². The maximum atomic E-state index is 9.05. The van der Waals surface area contributed by atoms with Gasteiger partial charge in [0.05, 0.1) is 19.8 Å². The van der Waals surface area contributed by atoms with Crippen molar-refractivity contribution in [2.75, 3.05) is 31.2 Å². The van der Waals surface area contributed by atoms with E-state index < -0.39 is 7.12 Å². The van der Waals surface area contributed by atoms with Crippen molar-refractivity contribution in [3.05, 3.63) is 47.2 Å². The minimum atomic E-state index is -1.30. The van der Waals surface area contributed by atoms with Crippen LogP contribution in [0.15, 0.2) is 40.6 Å². The van der Waals surface area contributed by atoms with E-state index in [9.17, 15) is 0 Å². The molecule has 1 aliphatic rings. The summed E-state index contributed by atoms with van der Waals surface area (Å²) in [5.41, 5.74) is 3.10. The lowest BCUT2D eigenvalue weighted by molar-refractivity contribution is 0.122. The van der Waals surface area contributed by atoms with Crippen LogP contribution < -0.4 is 4.90 Å². The quantitative estimate of drug-likeness (QED) is 0.536. The van der Waals surface area contributed by atoms with Crippen molar-refractivity contribution in [1.82, 2.24) is 9.97 Å². The number of rotatable bonds is 8. The molecule has 1 aliphatic heterocycles. The van der Waals surface area contributed by atoms with Crippen LogP contribution in [-0.4, -0.2) is 53.4 Å². The third kappa shape index (κ3) is 6.37. The summed E-state index contributed by atoms with van der Waals surface area (Å²) in [6, 6.07) is 10.1. The van der Waals surface area contributed by atoms with E-state index in [2.05, 4.69) is 31.2 Å².